The number of esters is 4. The minimum absolute atomic E-state index is 0.0440. The van der Waals surface area contributed by atoms with Crippen LogP contribution in [0.4, 0.5) is 0 Å². The summed E-state index contributed by atoms with van der Waals surface area (Å²) in [6.45, 7) is 21.1. The van der Waals surface area contributed by atoms with Crippen molar-refractivity contribution in [2.45, 2.75) is 143 Å². The molecule has 12 nitrogen and oxygen atoms in total. The smallest absolute Gasteiger partial charge is 0.303 e. The first kappa shape index (κ1) is 36.1. The van der Waals surface area contributed by atoms with Gasteiger partial charge >= 0.3 is 23.9 Å². The van der Waals surface area contributed by atoms with Gasteiger partial charge < -0.3 is 37.6 Å². The fraction of sp³-hybridized carbons (Fsp3) is 0.862. The summed E-state index contributed by atoms with van der Waals surface area (Å²) in [6, 6.07) is 0. The second-order valence-corrected chi connectivity index (χ2v) is 17.5. The standard InChI is InChI=1S/C29H50O12Si/c1-13-21-15(2)23(35-17(4)30)26(38-20(7)33)28(39-21)41-27-16(3)24(36-18(5)31)25(37-19(6)32)22(40-27)14-34-42(11,12)29(8,9)10/h15-16,21-28H,13-14H2,1-12H3/t15-,16?,21?,22-,23+,24?,25-,26?,27-,28-/m1/s1. The van der Waals surface area contributed by atoms with Crippen LogP contribution >= 0.6 is 0 Å². The number of carbonyl (C=O) groups excluding carboxylic acids is 4. The summed E-state index contributed by atoms with van der Waals surface area (Å²) in [4.78, 5) is 48.4. The third kappa shape index (κ3) is 9.22. The maximum Gasteiger partial charge on any atom is 0.303 e. The van der Waals surface area contributed by atoms with Crippen LogP contribution in [0.1, 0.15) is 75.7 Å². The predicted octanol–water partition coefficient (Wildman–Crippen LogP) is 3.88. The van der Waals surface area contributed by atoms with Crippen LogP contribution in [-0.2, 0) is 56.8 Å². The quantitative estimate of drug-likeness (QED) is 0.199. The van der Waals surface area contributed by atoms with Gasteiger partial charge in [-0.05, 0) is 24.6 Å². The summed E-state index contributed by atoms with van der Waals surface area (Å²) in [5.41, 5.74) is 0. The summed E-state index contributed by atoms with van der Waals surface area (Å²) in [6.07, 6.45) is -6.79. The van der Waals surface area contributed by atoms with Gasteiger partial charge in [0.05, 0.1) is 12.7 Å². The van der Waals surface area contributed by atoms with Gasteiger partial charge in [0, 0.05) is 39.5 Å². The highest BCUT2D eigenvalue weighted by atomic mass is 28.4. The van der Waals surface area contributed by atoms with Crippen LogP contribution in [-0.4, -0.2) is 88.0 Å². The van der Waals surface area contributed by atoms with Crippen LogP contribution in [0.2, 0.25) is 18.1 Å². The Balaban J connectivity index is 2.48. The Bertz CT molecular complexity index is 963. The Morgan fingerprint density at radius 1 is 0.667 bits per heavy atom. The number of hydrogen-bond donors (Lipinski definition) is 0. The highest BCUT2D eigenvalue weighted by Gasteiger charge is 2.53. The van der Waals surface area contributed by atoms with E-state index >= 15 is 0 Å². The van der Waals surface area contributed by atoms with Crippen molar-refractivity contribution in [2.75, 3.05) is 6.61 Å². The molecule has 0 aromatic rings. The van der Waals surface area contributed by atoms with E-state index in [2.05, 4.69) is 33.9 Å². The van der Waals surface area contributed by atoms with Gasteiger partial charge in [-0.3, -0.25) is 19.2 Å². The van der Waals surface area contributed by atoms with Gasteiger partial charge in [-0.25, -0.2) is 0 Å². The van der Waals surface area contributed by atoms with Crippen molar-refractivity contribution in [2.24, 2.45) is 11.8 Å². The van der Waals surface area contributed by atoms with E-state index in [9.17, 15) is 19.2 Å². The molecule has 42 heavy (non-hydrogen) atoms. The Morgan fingerprint density at radius 2 is 1.10 bits per heavy atom. The number of carbonyl (C=O) groups is 4. The average molecular weight is 619 g/mol. The lowest BCUT2D eigenvalue weighted by Crippen LogP contribution is -2.62. The molecule has 2 aliphatic heterocycles. The van der Waals surface area contributed by atoms with Crippen LogP contribution in [0.25, 0.3) is 0 Å². The van der Waals surface area contributed by atoms with Gasteiger partial charge in [-0.2, -0.15) is 0 Å². The normalized spacial score (nSPS) is 33.8. The van der Waals surface area contributed by atoms with E-state index < -0.39 is 81.2 Å². The molecule has 2 saturated heterocycles. The zero-order valence-electron chi connectivity index (χ0n) is 27.1. The molecule has 10 atom stereocenters. The number of ether oxygens (including phenoxy) is 7. The molecule has 2 heterocycles. The van der Waals surface area contributed by atoms with E-state index in [-0.39, 0.29) is 23.7 Å². The van der Waals surface area contributed by atoms with Crippen molar-refractivity contribution in [3.8, 4) is 0 Å². The second kappa shape index (κ2) is 14.6. The summed E-state index contributed by atoms with van der Waals surface area (Å²) in [5, 5.41) is -0.109. The van der Waals surface area contributed by atoms with Crippen molar-refractivity contribution in [1.29, 1.82) is 0 Å². The van der Waals surface area contributed by atoms with Crippen molar-refractivity contribution < 1.29 is 56.8 Å². The Labute approximate surface area is 250 Å². The summed E-state index contributed by atoms with van der Waals surface area (Å²) in [5.74, 6) is -3.25. The van der Waals surface area contributed by atoms with Gasteiger partial charge in [0.15, 0.2) is 26.8 Å². The molecule has 2 fully saturated rings. The molecular formula is C29H50O12Si. The minimum atomic E-state index is -2.27. The van der Waals surface area contributed by atoms with E-state index in [0.29, 0.717) is 6.42 Å². The Kier molecular flexibility index (Phi) is 12.6. The SMILES string of the molecule is CCC1O[C@H](O[C@H]2O[C@H](CO[Si](C)(C)C(C)(C)C)[C@@H](OC(C)=O)C(OC(C)=O)C2C)C(OC(C)=O)[C@@H](OC(C)=O)[C@@H]1C. The third-order valence-corrected chi connectivity index (χ3v) is 12.7. The van der Waals surface area contributed by atoms with E-state index in [1.54, 1.807) is 6.92 Å². The van der Waals surface area contributed by atoms with Crippen LogP contribution in [0, 0.1) is 11.8 Å². The highest BCUT2D eigenvalue weighted by Crippen LogP contribution is 2.40. The molecule has 0 radical (unpaired) electrons. The van der Waals surface area contributed by atoms with Gasteiger partial charge in [0.1, 0.15) is 18.3 Å². The molecule has 0 aromatic heterocycles. The maximum absolute atomic E-state index is 12.2. The van der Waals surface area contributed by atoms with E-state index in [1.165, 1.54) is 27.7 Å². The molecular weight excluding hydrogens is 568 g/mol. The van der Waals surface area contributed by atoms with Crippen LogP contribution in [0.5, 0.6) is 0 Å². The van der Waals surface area contributed by atoms with Crippen molar-refractivity contribution >= 4 is 32.2 Å². The summed E-state index contributed by atoms with van der Waals surface area (Å²) < 4.78 is 47.9. The first-order chi connectivity index (χ1) is 19.3. The molecule has 0 spiro atoms. The van der Waals surface area contributed by atoms with E-state index in [4.69, 9.17) is 37.6 Å². The average Bonchev–Trinajstić information content (AvgIpc) is 2.84. The molecule has 0 aliphatic carbocycles. The molecule has 0 aromatic carbocycles. The van der Waals surface area contributed by atoms with Crippen LogP contribution < -0.4 is 0 Å². The van der Waals surface area contributed by atoms with Gasteiger partial charge in [0.2, 0.25) is 6.29 Å². The van der Waals surface area contributed by atoms with Gasteiger partial charge in [0.25, 0.3) is 0 Å². The van der Waals surface area contributed by atoms with Gasteiger partial charge in [-0.1, -0.05) is 41.5 Å². The van der Waals surface area contributed by atoms with Gasteiger partial charge in [-0.15, -0.1) is 0 Å². The minimum Gasteiger partial charge on any atom is -0.458 e. The van der Waals surface area contributed by atoms with Crippen molar-refractivity contribution in [1.82, 2.24) is 0 Å². The first-order valence-corrected chi connectivity index (χ1v) is 17.5. The largest absolute Gasteiger partial charge is 0.458 e. The molecule has 2 aliphatic rings. The summed E-state index contributed by atoms with van der Waals surface area (Å²) >= 11 is 0. The number of rotatable bonds is 10. The van der Waals surface area contributed by atoms with E-state index in [0.717, 1.165) is 0 Å². The lowest BCUT2D eigenvalue weighted by molar-refractivity contribution is -0.364. The molecule has 0 N–H and O–H groups in total. The topological polar surface area (TPSA) is 142 Å². The highest BCUT2D eigenvalue weighted by molar-refractivity contribution is 6.74. The molecule has 2 rings (SSSR count). The Hall–Kier alpha value is -2.06. The predicted molar refractivity (Wildman–Crippen MR) is 152 cm³/mol. The van der Waals surface area contributed by atoms with Crippen LogP contribution in [0.15, 0.2) is 0 Å². The lowest BCUT2D eigenvalue weighted by Gasteiger charge is -2.48. The molecule has 0 bridgehead atoms. The van der Waals surface area contributed by atoms with Crippen molar-refractivity contribution in [3.63, 3.8) is 0 Å². The fourth-order valence-corrected chi connectivity index (χ4v) is 5.98. The number of hydrogen-bond acceptors (Lipinski definition) is 12. The zero-order chi connectivity index (χ0) is 32.2. The maximum atomic E-state index is 12.2. The summed E-state index contributed by atoms with van der Waals surface area (Å²) in [7, 11) is -2.27. The molecule has 0 amide bonds. The zero-order valence-corrected chi connectivity index (χ0v) is 28.1. The molecule has 0 saturated carbocycles. The van der Waals surface area contributed by atoms with Crippen LogP contribution in [0.3, 0.4) is 0 Å². The third-order valence-electron chi connectivity index (χ3n) is 8.25. The van der Waals surface area contributed by atoms with E-state index in [1.807, 2.05) is 13.8 Å². The molecule has 4 unspecified atom stereocenters. The molecule has 13 heteroatoms. The monoisotopic (exact) mass is 618 g/mol. The lowest BCUT2D eigenvalue weighted by atomic mass is 9.88. The molecule has 242 valence electrons. The second-order valence-electron chi connectivity index (χ2n) is 12.7. The van der Waals surface area contributed by atoms with Crippen molar-refractivity contribution in [3.05, 3.63) is 0 Å². The fourth-order valence-electron chi connectivity index (χ4n) is 4.97. The first-order valence-electron chi connectivity index (χ1n) is 14.6. The Morgan fingerprint density at radius 3 is 1.55 bits per heavy atom.